The third-order valence-corrected chi connectivity index (χ3v) is 4.61. The minimum atomic E-state index is -0.204. The lowest BCUT2D eigenvalue weighted by molar-refractivity contribution is 0.0901. The van der Waals surface area contributed by atoms with Gasteiger partial charge in [-0.25, -0.2) is 0 Å². The number of nitrogens with one attached hydrogen (secondary N) is 1. The van der Waals surface area contributed by atoms with Gasteiger partial charge in [0.2, 0.25) is 0 Å². The lowest BCUT2D eigenvalue weighted by Gasteiger charge is -2.36. The summed E-state index contributed by atoms with van der Waals surface area (Å²) in [5.74, 6) is 0.223. The molecule has 0 radical (unpaired) electrons. The number of anilines is 1. The summed E-state index contributed by atoms with van der Waals surface area (Å²) in [6, 6.07) is 3.40. The van der Waals surface area contributed by atoms with Crippen LogP contribution in [-0.2, 0) is 0 Å². The Balaban J connectivity index is 1.95. The molecule has 0 bridgehead atoms. The van der Waals surface area contributed by atoms with E-state index in [2.05, 4.69) is 29.1 Å². The van der Waals surface area contributed by atoms with Crippen molar-refractivity contribution in [2.75, 3.05) is 52.6 Å². The molecule has 0 aliphatic carbocycles. The molecule has 1 fully saturated rings. The molecule has 1 aromatic carbocycles. The third-order valence-electron chi connectivity index (χ3n) is 4.28. The number of nitrogen functional groups attached to an aromatic ring is 1. The first-order valence-electron chi connectivity index (χ1n) is 7.76. The van der Waals surface area contributed by atoms with Crippen LogP contribution in [-0.4, -0.2) is 68.6 Å². The third kappa shape index (κ3) is 4.50. The van der Waals surface area contributed by atoms with Gasteiger partial charge in [0.05, 0.1) is 23.4 Å². The SMILES string of the molecule is COc1cc(N)c(Cl)cc1C(=O)NCC(C)N1CCN(C)CC1. The van der Waals surface area contributed by atoms with Crippen molar-refractivity contribution in [2.45, 2.75) is 13.0 Å². The van der Waals surface area contributed by atoms with E-state index in [9.17, 15) is 4.79 Å². The first kappa shape index (κ1) is 17.8. The average molecular weight is 341 g/mol. The Morgan fingerprint density at radius 3 is 2.65 bits per heavy atom. The van der Waals surface area contributed by atoms with Gasteiger partial charge in [0.15, 0.2) is 0 Å². The van der Waals surface area contributed by atoms with E-state index in [1.807, 2.05) is 0 Å². The predicted octanol–water partition coefficient (Wildman–Crippen LogP) is 1.30. The first-order valence-corrected chi connectivity index (χ1v) is 8.14. The fourth-order valence-electron chi connectivity index (χ4n) is 2.64. The Bertz CT molecular complexity index is 559. The number of hydrogen-bond acceptors (Lipinski definition) is 5. The van der Waals surface area contributed by atoms with Crippen molar-refractivity contribution in [2.24, 2.45) is 0 Å². The second kappa shape index (κ2) is 7.86. The standard InChI is InChI=1S/C16H25ClN4O2/c1-11(21-6-4-20(2)5-7-21)10-19-16(22)12-8-13(17)14(18)9-15(12)23-3/h8-9,11H,4-7,10,18H2,1-3H3,(H,19,22). The van der Waals surface area contributed by atoms with Gasteiger partial charge in [0.1, 0.15) is 5.75 Å². The van der Waals surface area contributed by atoms with Crippen molar-refractivity contribution in [3.63, 3.8) is 0 Å². The summed E-state index contributed by atoms with van der Waals surface area (Å²) in [4.78, 5) is 17.1. The van der Waals surface area contributed by atoms with E-state index in [1.54, 1.807) is 12.1 Å². The number of piperazine rings is 1. The summed E-state index contributed by atoms with van der Waals surface area (Å²) in [5, 5.41) is 3.31. The fourth-order valence-corrected chi connectivity index (χ4v) is 2.81. The van der Waals surface area contributed by atoms with E-state index in [0.717, 1.165) is 26.2 Å². The van der Waals surface area contributed by atoms with Crippen molar-refractivity contribution in [1.29, 1.82) is 0 Å². The molecule has 0 saturated carbocycles. The molecule has 1 unspecified atom stereocenters. The number of hydrogen-bond donors (Lipinski definition) is 2. The number of methoxy groups -OCH3 is 1. The number of amides is 1. The Labute approximate surface area is 142 Å². The number of likely N-dealkylation sites (N-methyl/N-ethyl adjacent to an activating group) is 1. The van der Waals surface area contributed by atoms with Gasteiger partial charge >= 0.3 is 0 Å². The van der Waals surface area contributed by atoms with Gasteiger partial charge in [0.25, 0.3) is 5.91 Å². The van der Waals surface area contributed by atoms with Crippen LogP contribution in [0.1, 0.15) is 17.3 Å². The van der Waals surface area contributed by atoms with Crippen molar-refractivity contribution in [3.05, 3.63) is 22.7 Å². The van der Waals surface area contributed by atoms with Crippen LogP contribution in [0.15, 0.2) is 12.1 Å². The first-order chi connectivity index (χ1) is 10.9. The molecule has 1 aliphatic rings. The Morgan fingerprint density at radius 1 is 1.39 bits per heavy atom. The zero-order valence-corrected chi connectivity index (χ0v) is 14.7. The summed E-state index contributed by atoms with van der Waals surface area (Å²) in [6.45, 7) is 6.85. The van der Waals surface area contributed by atoms with Crippen LogP contribution in [0.5, 0.6) is 5.75 Å². The van der Waals surface area contributed by atoms with Gasteiger partial charge in [-0.05, 0) is 20.0 Å². The van der Waals surface area contributed by atoms with Crippen LogP contribution in [0.2, 0.25) is 5.02 Å². The van der Waals surface area contributed by atoms with E-state index in [1.165, 1.54) is 7.11 Å². The Hall–Kier alpha value is -1.50. The molecule has 23 heavy (non-hydrogen) atoms. The molecule has 1 heterocycles. The van der Waals surface area contributed by atoms with Gasteiger partial charge < -0.3 is 20.7 Å². The van der Waals surface area contributed by atoms with Crippen molar-refractivity contribution < 1.29 is 9.53 Å². The number of nitrogens with two attached hydrogens (primary N) is 1. The average Bonchev–Trinajstić information content (AvgIpc) is 2.55. The van der Waals surface area contributed by atoms with Crippen molar-refractivity contribution >= 4 is 23.2 Å². The molecule has 1 saturated heterocycles. The molecular weight excluding hydrogens is 316 g/mol. The summed E-state index contributed by atoms with van der Waals surface area (Å²) < 4.78 is 5.22. The molecular formula is C16H25ClN4O2. The molecule has 1 aromatic rings. The number of rotatable bonds is 5. The number of halogens is 1. The van der Waals surface area contributed by atoms with Crippen LogP contribution in [0.25, 0.3) is 0 Å². The highest BCUT2D eigenvalue weighted by molar-refractivity contribution is 6.33. The number of nitrogens with zero attached hydrogens (tertiary/aromatic N) is 2. The molecule has 1 atom stereocenters. The minimum Gasteiger partial charge on any atom is -0.496 e. The molecule has 2 rings (SSSR count). The molecule has 0 aromatic heterocycles. The minimum absolute atomic E-state index is 0.204. The van der Waals surface area contributed by atoms with E-state index in [0.29, 0.717) is 28.6 Å². The van der Waals surface area contributed by atoms with Crippen LogP contribution in [0.3, 0.4) is 0 Å². The molecule has 7 heteroatoms. The summed E-state index contributed by atoms with van der Waals surface area (Å²) >= 11 is 6.01. The number of carbonyl (C=O) groups excluding carboxylic acids is 1. The lowest BCUT2D eigenvalue weighted by atomic mass is 10.1. The van der Waals surface area contributed by atoms with Crippen LogP contribution >= 0.6 is 11.6 Å². The van der Waals surface area contributed by atoms with Crippen LogP contribution in [0.4, 0.5) is 5.69 Å². The van der Waals surface area contributed by atoms with Crippen molar-refractivity contribution in [3.8, 4) is 5.75 Å². The van der Waals surface area contributed by atoms with Crippen LogP contribution < -0.4 is 15.8 Å². The molecule has 3 N–H and O–H groups in total. The Kier molecular flexibility index (Phi) is 6.10. The van der Waals surface area contributed by atoms with E-state index in [4.69, 9.17) is 22.1 Å². The maximum atomic E-state index is 12.4. The number of carbonyl (C=O) groups is 1. The second-order valence-corrected chi connectivity index (χ2v) is 6.38. The van der Waals surface area contributed by atoms with Gasteiger partial charge in [-0.2, -0.15) is 0 Å². The number of benzene rings is 1. The largest absolute Gasteiger partial charge is 0.496 e. The van der Waals surface area contributed by atoms with Gasteiger partial charge in [0, 0.05) is 44.8 Å². The van der Waals surface area contributed by atoms with Crippen molar-refractivity contribution in [1.82, 2.24) is 15.1 Å². The Morgan fingerprint density at radius 2 is 2.04 bits per heavy atom. The van der Waals surface area contributed by atoms with Gasteiger partial charge in [-0.1, -0.05) is 11.6 Å². The zero-order valence-electron chi connectivity index (χ0n) is 13.9. The zero-order chi connectivity index (χ0) is 17.0. The smallest absolute Gasteiger partial charge is 0.255 e. The molecule has 6 nitrogen and oxygen atoms in total. The highest BCUT2D eigenvalue weighted by Gasteiger charge is 2.21. The monoisotopic (exact) mass is 340 g/mol. The molecule has 1 amide bonds. The second-order valence-electron chi connectivity index (χ2n) is 5.97. The van der Waals surface area contributed by atoms with Crippen LogP contribution in [0, 0.1) is 0 Å². The van der Waals surface area contributed by atoms with E-state index >= 15 is 0 Å². The quantitative estimate of drug-likeness (QED) is 0.791. The summed E-state index contributed by atoms with van der Waals surface area (Å²) in [6.07, 6.45) is 0. The summed E-state index contributed by atoms with van der Waals surface area (Å²) in [5.41, 5.74) is 6.54. The molecule has 0 spiro atoms. The molecule has 128 valence electrons. The summed E-state index contributed by atoms with van der Waals surface area (Å²) in [7, 11) is 3.63. The highest BCUT2D eigenvalue weighted by Crippen LogP contribution is 2.28. The topological polar surface area (TPSA) is 70.8 Å². The maximum Gasteiger partial charge on any atom is 0.255 e. The van der Waals surface area contributed by atoms with E-state index < -0.39 is 0 Å². The predicted molar refractivity (Wildman–Crippen MR) is 93.3 cm³/mol. The maximum absolute atomic E-state index is 12.4. The molecule has 1 aliphatic heterocycles. The van der Waals surface area contributed by atoms with Gasteiger partial charge in [-0.15, -0.1) is 0 Å². The normalized spacial score (nSPS) is 17.7. The number of ether oxygens (including phenoxy) is 1. The fraction of sp³-hybridized carbons (Fsp3) is 0.562. The van der Waals surface area contributed by atoms with Gasteiger partial charge in [-0.3, -0.25) is 9.69 Å². The van der Waals surface area contributed by atoms with E-state index in [-0.39, 0.29) is 11.9 Å². The highest BCUT2D eigenvalue weighted by atomic mass is 35.5. The lowest BCUT2D eigenvalue weighted by Crippen LogP contribution is -2.51.